The van der Waals surface area contributed by atoms with Gasteiger partial charge in [-0.15, -0.1) is 0 Å². The second kappa shape index (κ2) is 7.44. The molecule has 1 aromatic heterocycles. The number of hydrogen-bond acceptors (Lipinski definition) is 7. The highest BCUT2D eigenvalue weighted by molar-refractivity contribution is 7.10. The lowest BCUT2D eigenvalue weighted by Gasteiger charge is -2.38. The molecule has 4 heterocycles. The van der Waals surface area contributed by atoms with E-state index in [0.29, 0.717) is 12.1 Å². The van der Waals surface area contributed by atoms with Gasteiger partial charge in [0, 0.05) is 24.8 Å². The molecule has 1 amide bonds. The van der Waals surface area contributed by atoms with Crippen LogP contribution in [-0.2, 0) is 16.1 Å². The Balaban J connectivity index is 1.23. The molecule has 1 spiro atoms. The molecule has 5 rings (SSSR count). The Kier molecular flexibility index (Phi) is 4.88. The zero-order valence-electron chi connectivity index (χ0n) is 17.0. The van der Waals surface area contributed by atoms with Gasteiger partial charge in [0.1, 0.15) is 11.6 Å². The number of benzene rings is 1. The first kappa shape index (κ1) is 19.7. The number of amides is 1. The number of carbonyl (C=O) groups excluding carboxylic acids is 2. The number of piperidine rings is 1. The molecule has 8 heteroatoms. The fourth-order valence-electron chi connectivity index (χ4n) is 5.01. The number of fused-ring (bicyclic) bond motifs is 1. The first-order chi connectivity index (χ1) is 14.5. The van der Waals surface area contributed by atoms with E-state index in [2.05, 4.69) is 9.27 Å². The van der Waals surface area contributed by atoms with E-state index in [1.54, 1.807) is 6.20 Å². The summed E-state index contributed by atoms with van der Waals surface area (Å²) in [5.74, 6) is -0.0600. The monoisotopic (exact) mass is 427 g/mol. The second-order valence-electron chi connectivity index (χ2n) is 8.60. The summed E-state index contributed by atoms with van der Waals surface area (Å²) in [6, 6.07) is 5.63. The van der Waals surface area contributed by atoms with Crippen molar-refractivity contribution >= 4 is 28.4 Å². The van der Waals surface area contributed by atoms with Gasteiger partial charge in [0.15, 0.2) is 0 Å². The average Bonchev–Trinajstić information content (AvgIpc) is 3.45. The van der Waals surface area contributed by atoms with E-state index in [-0.39, 0.29) is 23.9 Å². The van der Waals surface area contributed by atoms with Crippen LogP contribution in [0.1, 0.15) is 52.4 Å². The van der Waals surface area contributed by atoms with Crippen LogP contribution in [0.4, 0.5) is 5.00 Å². The van der Waals surface area contributed by atoms with Crippen LogP contribution < -0.4 is 4.90 Å². The predicted molar refractivity (Wildman–Crippen MR) is 112 cm³/mol. The molecular formula is C22H25N3O4S. The van der Waals surface area contributed by atoms with Crippen LogP contribution in [0.15, 0.2) is 24.4 Å². The highest BCUT2D eigenvalue weighted by atomic mass is 32.1. The van der Waals surface area contributed by atoms with Crippen LogP contribution in [0.3, 0.4) is 0 Å². The van der Waals surface area contributed by atoms with Crippen molar-refractivity contribution in [2.45, 2.75) is 38.9 Å². The van der Waals surface area contributed by atoms with Gasteiger partial charge in [-0.1, -0.05) is 0 Å². The molecule has 7 nitrogen and oxygen atoms in total. The SMILES string of the molecule is Cc1cc2c(cc1[C@@H](O)CN1CCC3(CC1)CCN(c1ccns1)C3=O)COC2=O. The fraction of sp³-hybridized carbons (Fsp3) is 0.500. The third-order valence-electron chi connectivity index (χ3n) is 6.88. The number of β-amino-alcohol motifs (C(OH)–C–C–N with tert-alkyl or cyclic N) is 1. The molecule has 1 aromatic carbocycles. The maximum absolute atomic E-state index is 13.1. The van der Waals surface area contributed by atoms with E-state index in [4.69, 9.17) is 4.74 Å². The molecule has 158 valence electrons. The van der Waals surface area contributed by atoms with E-state index >= 15 is 0 Å². The number of cyclic esters (lactones) is 1. The quantitative estimate of drug-likeness (QED) is 0.756. The van der Waals surface area contributed by atoms with Gasteiger partial charge in [0.2, 0.25) is 5.91 Å². The van der Waals surface area contributed by atoms with E-state index in [9.17, 15) is 14.7 Å². The number of ether oxygens (including phenoxy) is 1. The standard InChI is InChI=1S/C22H25N3O4S/c1-14-10-17-15(13-29-20(17)27)11-16(14)18(26)12-24-7-3-22(4-8-24)5-9-25(21(22)28)19-2-6-23-30-19/h2,6,10-11,18,26H,3-5,7-9,12-13H2,1H3/t18-/m0/s1. The average molecular weight is 428 g/mol. The van der Waals surface area contributed by atoms with E-state index < -0.39 is 6.10 Å². The number of aryl methyl sites for hydroxylation is 1. The normalized spacial score (nSPS) is 21.9. The van der Waals surface area contributed by atoms with Gasteiger partial charge >= 0.3 is 5.97 Å². The lowest BCUT2D eigenvalue weighted by molar-refractivity contribution is -0.128. The van der Waals surface area contributed by atoms with Crippen molar-refractivity contribution in [3.05, 3.63) is 46.6 Å². The largest absolute Gasteiger partial charge is 0.457 e. The summed E-state index contributed by atoms with van der Waals surface area (Å²) >= 11 is 1.37. The van der Waals surface area contributed by atoms with E-state index in [1.807, 2.05) is 30.0 Å². The highest BCUT2D eigenvalue weighted by Gasteiger charge is 2.48. The van der Waals surface area contributed by atoms with Gasteiger partial charge in [-0.05, 0) is 80.1 Å². The van der Waals surface area contributed by atoms with Crippen molar-refractivity contribution in [2.75, 3.05) is 31.1 Å². The van der Waals surface area contributed by atoms with Gasteiger partial charge in [-0.2, -0.15) is 4.37 Å². The smallest absolute Gasteiger partial charge is 0.338 e. The Morgan fingerprint density at radius 3 is 2.73 bits per heavy atom. The van der Waals surface area contributed by atoms with Crippen LogP contribution in [0.2, 0.25) is 0 Å². The van der Waals surface area contributed by atoms with Crippen LogP contribution >= 0.6 is 11.5 Å². The number of aromatic nitrogens is 1. The first-order valence-electron chi connectivity index (χ1n) is 10.4. The minimum atomic E-state index is -0.631. The fourth-order valence-corrected chi connectivity index (χ4v) is 5.64. The molecule has 3 aliphatic rings. The minimum absolute atomic E-state index is 0.228. The molecule has 0 aliphatic carbocycles. The topological polar surface area (TPSA) is 83.0 Å². The van der Waals surface area contributed by atoms with Crippen molar-refractivity contribution in [3.8, 4) is 0 Å². The van der Waals surface area contributed by atoms with Gasteiger partial charge in [0.05, 0.1) is 17.1 Å². The summed E-state index contributed by atoms with van der Waals surface area (Å²) in [5.41, 5.74) is 2.93. The van der Waals surface area contributed by atoms with Crippen LogP contribution in [0.5, 0.6) is 0 Å². The van der Waals surface area contributed by atoms with Crippen molar-refractivity contribution in [1.29, 1.82) is 0 Å². The molecule has 2 fully saturated rings. The summed E-state index contributed by atoms with van der Waals surface area (Å²) in [6.07, 6.45) is 3.63. The van der Waals surface area contributed by atoms with Crippen LogP contribution in [0.25, 0.3) is 0 Å². The first-order valence-corrected chi connectivity index (χ1v) is 11.2. The molecule has 3 aliphatic heterocycles. The molecule has 2 aromatic rings. The summed E-state index contributed by atoms with van der Waals surface area (Å²) < 4.78 is 9.22. The van der Waals surface area contributed by atoms with Gasteiger partial charge < -0.3 is 19.6 Å². The Morgan fingerprint density at radius 1 is 1.23 bits per heavy atom. The second-order valence-corrected chi connectivity index (χ2v) is 9.41. The number of hydrogen-bond donors (Lipinski definition) is 1. The van der Waals surface area contributed by atoms with Crippen LogP contribution in [0, 0.1) is 12.3 Å². The molecule has 30 heavy (non-hydrogen) atoms. The maximum Gasteiger partial charge on any atom is 0.338 e. The van der Waals surface area contributed by atoms with E-state index in [1.165, 1.54) is 11.5 Å². The van der Waals surface area contributed by atoms with Gasteiger partial charge in [0.25, 0.3) is 0 Å². The lowest BCUT2D eigenvalue weighted by atomic mass is 9.77. The molecule has 0 saturated carbocycles. The van der Waals surface area contributed by atoms with Crippen molar-refractivity contribution in [2.24, 2.45) is 5.41 Å². The van der Waals surface area contributed by atoms with Crippen molar-refractivity contribution in [3.63, 3.8) is 0 Å². The summed E-state index contributed by atoms with van der Waals surface area (Å²) in [7, 11) is 0. The van der Waals surface area contributed by atoms with Crippen LogP contribution in [-0.4, -0.2) is 52.4 Å². The number of rotatable bonds is 4. The number of likely N-dealkylation sites (tertiary alicyclic amines) is 1. The molecule has 2 saturated heterocycles. The van der Waals surface area contributed by atoms with Gasteiger partial charge in [-0.3, -0.25) is 4.79 Å². The van der Waals surface area contributed by atoms with Crippen molar-refractivity contribution < 1.29 is 19.4 Å². The third-order valence-corrected chi connectivity index (χ3v) is 7.65. The Labute approximate surface area is 179 Å². The Morgan fingerprint density at radius 2 is 2.00 bits per heavy atom. The predicted octanol–water partition coefficient (Wildman–Crippen LogP) is 2.67. The molecular weight excluding hydrogens is 402 g/mol. The molecule has 1 atom stereocenters. The molecule has 0 radical (unpaired) electrons. The number of aliphatic hydroxyl groups is 1. The number of aliphatic hydroxyl groups excluding tert-OH is 1. The molecule has 0 bridgehead atoms. The number of esters is 1. The summed E-state index contributed by atoms with van der Waals surface area (Å²) in [5, 5.41) is 11.8. The minimum Gasteiger partial charge on any atom is -0.457 e. The number of carbonyl (C=O) groups is 2. The molecule has 0 unspecified atom stereocenters. The summed E-state index contributed by atoms with van der Waals surface area (Å²) in [6.45, 7) is 5.07. The lowest BCUT2D eigenvalue weighted by Crippen LogP contribution is -2.45. The zero-order chi connectivity index (χ0) is 20.9. The summed E-state index contributed by atoms with van der Waals surface area (Å²) in [4.78, 5) is 29.0. The number of anilines is 1. The Bertz CT molecular complexity index is 983. The number of nitrogens with zero attached hydrogens (tertiary/aromatic N) is 3. The van der Waals surface area contributed by atoms with Gasteiger partial charge in [-0.25, -0.2) is 4.79 Å². The molecule has 1 N–H and O–H groups in total. The highest BCUT2D eigenvalue weighted by Crippen LogP contribution is 2.44. The third kappa shape index (κ3) is 3.23. The zero-order valence-corrected chi connectivity index (χ0v) is 17.8. The van der Waals surface area contributed by atoms with E-state index in [0.717, 1.165) is 60.6 Å². The Hall–Kier alpha value is -2.29. The van der Waals surface area contributed by atoms with Crippen molar-refractivity contribution in [1.82, 2.24) is 9.27 Å². The maximum atomic E-state index is 13.1.